The van der Waals surface area contributed by atoms with Crippen molar-refractivity contribution in [3.63, 3.8) is 0 Å². The minimum Gasteiger partial charge on any atom is -0.493 e. The molecule has 6 nitrogen and oxygen atoms in total. The van der Waals surface area contributed by atoms with Crippen LogP contribution in [-0.2, 0) is 14.9 Å². The van der Waals surface area contributed by atoms with Crippen molar-refractivity contribution in [2.45, 2.75) is 50.4 Å². The van der Waals surface area contributed by atoms with Gasteiger partial charge in [-0.3, -0.25) is 0 Å². The summed E-state index contributed by atoms with van der Waals surface area (Å²) in [6.45, 7) is 6.56. The molecule has 1 spiro atoms. The van der Waals surface area contributed by atoms with Crippen molar-refractivity contribution in [2.24, 2.45) is 11.3 Å². The third-order valence-corrected chi connectivity index (χ3v) is 6.99. The average molecular weight is 392 g/mol. The Balaban J connectivity index is 1.68. The molecule has 3 atom stereocenters. The highest BCUT2D eigenvalue weighted by Gasteiger charge is 2.61. The second-order valence-electron chi connectivity index (χ2n) is 9.25. The Morgan fingerprint density at radius 3 is 2.43 bits per heavy atom. The maximum absolute atomic E-state index is 10.4. The predicted molar refractivity (Wildman–Crippen MR) is 106 cm³/mol. The summed E-state index contributed by atoms with van der Waals surface area (Å²) >= 11 is 0. The molecule has 2 saturated heterocycles. The van der Waals surface area contributed by atoms with E-state index in [1.54, 1.807) is 14.2 Å². The third-order valence-electron chi connectivity index (χ3n) is 6.99. The quantitative estimate of drug-likeness (QED) is 0.822. The van der Waals surface area contributed by atoms with Crippen LogP contribution in [0.2, 0.25) is 0 Å². The fraction of sp³-hybridized carbons (Fsp3) is 0.727. The first-order valence-electron chi connectivity index (χ1n) is 10.2. The van der Waals surface area contributed by atoms with Crippen molar-refractivity contribution < 1.29 is 24.1 Å². The number of hydrogen-bond donors (Lipinski definition) is 2. The molecule has 2 heterocycles. The molecule has 0 radical (unpaired) electrons. The number of methoxy groups -OCH3 is 2. The zero-order valence-electron chi connectivity index (χ0n) is 17.4. The zero-order valence-corrected chi connectivity index (χ0v) is 17.4. The van der Waals surface area contributed by atoms with Crippen LogP contribution in [0.3, 0.4) is 0 Å². The highest BCUT2D eigenvalue weighted by Crippen LogP contribution is 2.54. The molecule has 1 saturated carbocycles. The highest BCUT2D eigenvalue weighted by atomic mass is 16.7. The van der Waals surface area contributed by atoms with Crippen LogP contribution in [0.1, 0.15) is 38.7 Å². The largest absolute Gasteiger partial charge is 0.493 e. The molecular formula is C22H33NO5. The number of rotatable bonds is 4. The van der Waals surface area contributed by atoms with Gasteiger partial charge in [-0.2, -0.15) is 0 Å². The number of benzene rings is 1. The summed E-state index contributed by atoms with van der Waals surface area (Å²) in [5.41, 5.74) is 1.16. The molecule has 1 aromatic carbocycles. The fourth-order valence-corrected chi connectivity index (χ4v) is 5.38. The Bertz CT molecular complexity index is 711. The van der Waals surface area contributed by atoms with Crippen molar-refractivity contribution in [3.8, 4) is 11.5 Å². The van der Waals surface area contributed by atoms with Crippen molar-refractivity contribution in [2.75, 3.05) is 40.6 Å². The van der Waals surface area contributed by atoms with Gasteiger partial charge in [0.05, 0.1) is 40.0 Å². The lowest BCUT2D eigenvalue weighted by molar-refractivity contribution is -0.342. The fourth-order valence-electron chi connectivity index (χ4n) is 5.38. The van der Waals surface area contributed by atoms with Gasteiger partial charge in [-0.05, 0) is 37.1 Å². The smallest absolute Gasteiger partial charge is 0.174 e. The van der Waals surface area contributed by atoms with E-state index in [9.17, 15) is 5.11 Å². The lowest BCUT2D eigenvalue weighted by Crippen LogP contribution is -2.65. The van der Waals surface area contributed by atoms with Crippen LogP contribution in [0.25, 0.3) is 0 Å². The van der Waals surface area contributed by atoms with Gasteiger partial charge in [-0.25, -0.2) is 0 Å². The van der Waals surface area contributed by atoms with Gasteiger partial charge in [0.2, 0.25) is 0 Å². The van der Waals surface area contributed by atoms with Gasteiger partial charge >= 0.3 is 0 Å². The van der Waals surface area contributed by atoms with Crippen LogP contribution in [-0.4, -0.2) is 57.5 Å². The van der Waals surface area contributed by atoms with E-state index in [1.807, 2.05) is 6.07 Å². The summed E-state index contributed by atoms with van der Waals surface area (Å²) in [6.07, 6.45) is 2.74. The lowest BCUT2D eigenvalue weighted by atomic mass is 9.60. The summed E-state index contributed by atoms with van der Waals surface area (Å²) < 4.78 is 23.6. The van der Waals surface area contributed by atoms with Crippen molar-refractivity contribution in [1.29, 1.82) is 0 Å². The zero-order chi connectivity index (χ0) is 20.0. The van der Waals surface area contributed by atoms with Crippen LogP contribution >= 0.6 is 0 Å². The molecule has 0 amide bonds. The number of aliphatic hydroxyl groups is 1. The van der Waals surface area contributed by atoms with Crippen LogP contribution in [0, 0.1) is 11.3 Å². The SMILES string of the molecule is COc1ccc([C@]23CCN[C@H]2[C@H](CO)C2(CC3)OCC(C)(C)CO2)cc1OC. The predicted octanol–water partition coefficient (Wildman–Crippen LogP) is 2.48. The molecule has 6 heteroatoms. The molecule has 2 aliphatic heterocycles. The maximum atomic E-state index is 10.4. The topological polar surface area (TPSA) is 69.2 Å². The van der Waals surface area contributed by atoms with Gasteiger partial charge in [-0.15, -0.1) is 0 Å². The van der Waals surface area contributed by atoms with E-state index in [0.29, 0.717) is 13.2 Å². The summed E-state index contributed by atoms with van der Waals surface area (Å²) in [5, 5.41) is 14.1. The van der Waals surface area contributed by atoms with Gasteiger partial charge in [0.1, 0.15) is 0 Å². The molecule has 0 aromatic heterocycles. The van der Waals surface area contributed by atoms with Crippen molar-refractivity contribution in [1.82, 2.24) is 5.32 Å². The molecule has 156 valence electrons. The Morgan fingerprint density at radius 2 is 1.79 bits per heavy atom. The van der Waals surface area contributed by atoms with Gasteiger partial charge in [0.15, 0.2) is 17.3 Å². The van der Waals surface area contributed by atoms with Gasteiger partial charge in [0, 0.05) is 23.3 Å². The van der Waals surface area contributed by atoms with Gasteiger partial charge < -0.3 is 29.4 Å². The van der Waals surface area contributed by atoms with E-state index in [1.165, 1.54) is 5.56 Å². The Labute approximate surface area is 167 Å². The van der Waals surface area contributed by atoms with Crippen LogP contribution in [0.15, 0.2) is 18.2 Å². The number of ether oxygens (including phenoxy) is 4. The number of aliphatic hydroxyl groups excluding tert-OH is 1. The molecule has 3 fully saturated rings. The second-order valence-corrected chi connectivity index (χ2v) is 9.25. The van der Waals surface area contributed by atoms with E-state index in [-0.39, 0.29) is 29.4 Å². The Morgan fingerprint density at radius 1 is 1.07 bits per heavy atom. The lowest BCUT2D eigenvalue weighted by Gasteiger charge is -2.56. The first kappa shape index (κ1) is 20.0. The Hall–Kier alpha value is -1.34. The van der Waals surface area contributed by atoms with E-state index in [0.717, 1.165) is 37.3 Å². The molecule has 1 aliphatic carbocycles. The molecule has 2 N–H and O–H groups in total. The monoisotopic (exact) mass is 391 g/mol. The normalized spacial score (nSPS) is 33.5. The first-order valence-corrected chi connectivity index (χ1v) is 10.2. The molecule has 0 bridgehead atoms. The Kier molecular flexibility index (Phi) is 5.11. The molecular weight excluding hydrogens is 358 g/mol. The molecule has 28 heavy (non-hydrogen) atoms. The van der Waals surface area contributed by atoms with Crippen LogP contribution in [0.4, 0.5) is 0 Å². The van der Waals surface area contributed by atoms with E-state index in [2.05, 4.69) is 31.3 Å². The van der Waals surface area contributed by atoms with Gasteiger partial charge in [-0.1, -0.05) is 19.9 Å². The summed E-state index contributed by atoms with van der Waals surface area (Å²) in [4.78, 5) is 0. The van der Waals surface area contributed by atoms with Crippen molar-refractivity contribution >= 4 is 0 Å². The first-order chi connectivity index (χ1) is 13.4. The number of fused-ring (bicyclic) bond motifs is 1. The maximum Gasteiger partial charge on any atom is 0.174 e. The van der Waals surface area contributed by atoms with Crippen molar-refractivity contribution in [3.05, 3.63) is 23.8 Å². The minimum atomic E-state index is -0.702. The average Bonchev–Trinajstić information content (AvgIpc) is 3.14. The van der Waals surface area contributed by atoms with Gasteiger partial charge in [0.25, 0.3) is 0 Å². The summed E-state index contributed by atoms with van der Waals surface area (Å²) in [5.74, 6) is 0.657. The molecule has 4 rings (SSSR count). The van der Waals surface area contributed by atoms with E-state index in [4.69, 9.17) is 18.9 Å². The number of hydrogen-bond acceptors (Lipinski definition) is 6. The minimum absolute atomic E-state index is 0.00620. The van der Waals surface area contributed by atoms with E-state index < -0.39 is 5.79 Å². The number of nitrogens with one attached hydrogen (secondary N) is 1. The highest BCUT2D eigenvalue weighted by molar-refractivity contribution is 5.47. The van der Waals surface area contributed by atoms with Crippen LogP contribution in [0.5, 0.6) is 11.5 Å². The molecule has 1 aromatic rings. The summed E-state index contributed by atoms with van der Waals surface area (Å²) in [6, 6.07) is 6.30. The van der Waals surface area contributed by atoms with Crippen LogP contribution < -0.4 is 14.8 Å². The second kappa shape index (κ2) is 7.17. The molecule has 3 aliphatic rings. The summed E-state index contributed by atoms with van der Waals surface area (Å²) in [7, 11) is 3.32. The van der Waals surface area contributed by atoms with E-state index >= 15 is 0 Å². The standard InChI is InChI=1S/C22H33NO5/c1-20(2)13-27-22(28-14-20)8-7-21(9-10-23-19(21)16(22)12-24)15-5-6-17(25-3)18(11-15)26-4/h5-6,11,16,19,23-24H,7-10,12-14H2,1-4H3/t16-,19-,21-/m0/s1. The molecule has 0 unspecified atom stereocenters. The third kappa shape index (κ3) is 3.02.